The van der Waals surface area contributed by atoms with E-state index in [9.17, 15) is 4.79 Å². The van der Waals surface area contributed by atoms with Gasteiger partial charge in [-0.2, -0.15) is 0 Å². The third kappa shape index (κ3) is 2.61. The predicted octanol–water partition coefficient (Wildman–Crippen LogP) is 4.13. The molecule has 0 N–H and O–H groups in total. The number of pyridine rings is 1. The van der Waals surface area contributed by atoms with Gasteiger partial charge in [-0.15, -0.1) is 0 Å². The van der Waals surface area contributed by atoms with Crippen molar-refractivity contribution in [2.24, 2.45) is 0 Å². The van der Waals surface area contributed by atoms with Gasteiger partial charge in [-0.3, -0.25) is 0 Å². The van der Waals surface area contributed by atoms with E-state index in [1.54, 1.807) is 6.20 Å². The molecule has 0 amide bonds. The van der Waals surface area contributed by atoms with Crippen LogP contribution in [0.15, 0.2) is 48.7 Å². The second-order valence-electron chi connectivity index (χ2n) is 5.51. The molecule has 3 aromatic rings. The quantitative estimate of drug-likeness (QED) is 0.681. The molecule has 4 nitrogen and oxygen atoms in total. The molecule has 0 aliphatic heterocycles. The number of carbonyl (C=O) groups excluding carboxylic acids is 1. The number of nitrogens with zero attached hydrogens (tertiary/aromatic N) is 2. The molecular formula is C19H20N2O2. The Morgan fingerprint density at radius 1 is 1.22 bits per heavy atom. The standard InChI is InChI=1S/C19H20N2O2/c1-4-23-19(22)17-14(3)21(18-16(17)11-8-12-20-18)13(2)15-9-6-5-7-10-15/h5-13H,4H2,1-3H3/t13-/m0/s1. The van der Waals surface area contributed by atoms with Crippen LogP contribution >= 0.6 is 0 Å². The zero-order chi connectivity index (χ0) is 16.4. The van der Waals surface area contributed by atoms with Crippen LogP contribution < -0.4 is 0 Å². The Labute approximate surface area is 135 Å². The van der Waals surface area contributed by atoms with Crippen molar-refractivity contribution in [1.82, 2.24) is 9.55 Å². The average Bonchev–Trinajstić information content (AvgIpc) is 2.87. The molecular weight excluding hydrogens is 288 g/mol. The summed E-state index contributed by atoms with van der Waals surface area (Å²) in [6.45, 7) is 6.25. The molecule has 0 unspecified atom stereocenters. The number of fused-ring (bicyclic) bond motifs is 1. The SMILES string of the molecule is CCOC(=O)c1c(C)n([C@@H](C)c2ccccc2)c2ncccc12. The van der Waals surface area contributed by atoms with Gasteiger partial charge in [0, 0.05) is 17.3 Å². The van der Waals surface area contributed by atoms with Crippen LogP contribution in [0.4, 0.5) is 0 Å². The summed E-state index contributed by atoms with van der Waals surface area (Å²) in [7, 11) is 0. The third-order valence-electron chi connectivity index (χ3n) is 4.16. The van der Waals surface area contributed by atoms with Crippen LogP contribution in [0, 0.1) is 6.92 Å². The zero-order valence-electron chi connectivity index (χ0n) is 13.6. The molecule has 23 heavy (non-hydrogen) atoms. The minimum Gasteiger partial charge on any atom is -0.462 e. The van der Waals surface area contributed by atoms with Gasteiger partial charge >= 0.3 is 5.97 Å². The second-order valence-corrected chi connectivity index (χ2v) is 5.51. The smallest absolute Gasteiger partial charge is 0.340 e. The molecule has 4 heteroatoms. The molecule has 0 aliphatic rings. The first kappa shape index (κ1) is 15.3. The van der Waals surface area contributed by atoms with E-state index >= 15 is 0 Å². The highest BCUT2D eigenvalue weighted by molar-refractivity contribution is 6.05. The van der Waals surface area contributed by atoms with E-state index in [0.29, 0.717) is 12.2 Å². The Kier molecular flexibility index (Phi) is 4.15. The summed E-state index contributed by atoms with van der Waals surface area (Å²) in [5.41, 5.74) is 3.48. The average molecular weight is 308 g/mol. The summed E-state index contributed by atoms with van der Waals surface area (Å²) < 4.78 is 7.34. The maximum atomic E-state index is 12.4. The number of aromatic nitrogens is 2. The molecule has 118 valence electrons. The molecule has 0 saturated heterocycles. The second kappa shape index (κ2) is 6.24. The van der Waals surface area contributed by atoms with Crippen molar-refractivity contribution in [1.29, 1.82) is 0 Å². The van der Waals surface area contributed by atoms with Gasteiger partial charge in [-0.25, -0.2) is 9.78 Å². The Hall–Kier alpha value is -2.62. The molecule has 1 atom stereocenters. The summed E-state index contributed by atoms with van der Waals surface area (Å²) in [4.78, 5) is 16.9. The normalized spacial score (nSPS) is 12.3. The maximum Gasteiger partial charge on any atom is 0.340 e. The van der Waals surface area contributed by atoms with Crippen LogP contribution in [0.25, 0.3) is 11.0 Å². The van der Waals surface area contributed by atoms with Gasteiger partial charge in [0.1, 0.15) is 5.65 Å². The molecule has 0 bridgehead atoms. The van der Waals surface area contributed by atoms with E-state index in [-0.39, 0.29) is 12.0 Å². The minimum absolute atomic E-state index is 0.0803. The molecule has 0 spiro atoms. The van der Waals surface area contributed by atoms with Crippen molar-refractivity contribution in [2.45, 2.75) is 26.8 Å². The van der Waals surface area contributed by atoms with E-state index in [0.717, 1.165) is 16.7 Å². The summed E-state index contributed by atoms with van der Waals surface area (Å²) in [6.07, 6.45) is 1.75. The van der Waals surface area contributed by atoms with E-state index < -0.39 is 0 Å². The van der Waals surface area contributed by atoms with Gasteiger partial charge in [0.25, 0.3) is 0 Å². The largest absolute Gasteiger partial charge is 0.462 e. The van der Waals surface area contributed by atoms with Crippen molar-refractivity contribution in [3.05, 3.63) is 65.5 Å². The number of rotatable bonds is 4. The highest BCUT2D eigenvalue weighted by Crippen LogP contribution is 2.31. The Balaban J connectivity index is 2.21. The van der Waals surface area contributed by atoms with Gasteiger partial charge < -0.3 is 9.30 Å². The first-order chi connectivity index (χ1) is 11.1. The molecule has 1 aromatic carbocycles. The molecule has 0 radical (unpaired) electrons. The highest BCUT2D eigenvalue weighted by atomic mass is 16.5. The summed E-state index contributed by atoms with van der Waals surface area (Å²) in [6, 6.07) is 14.1. The van der Waals surface area contributed by atoms with E-state index in [1.807, 2.05) is 44.2 Å². The third-order valence-corrected chi connectivity index (χ3v) is 4.16. The van der Waals surface area contributed by atoms with Gasteiger partial charge in [0.15, 0.2) is 0 Å². The molecule has 3 rings (SSSR count). The molecule has 2 aromatic heterocycles. The summed E-state index contributed by atoms with van der Waals surface area (Å²) >= 11 is 0. The number of esters is 1. The van der Waals surface area contributed by atoms with Gasteiger partial charge in [-0.05, 0) is 38.5 Å². The fourth-order valence-electron chi connectivity index (χ4n) is 3.07. The highest BCUT2D eigenvalue weighted by Gasteiger charge is 2.24. The van der Waals surface area contributed by atoms with Crippen LogP contribution in [0.5, 0.6) is 0 Å². The van der Waals surface area contributed by atoms with E-state index in [1.165, 1.54) is 5.56 Å². The minimum atomic E-state index is -0.290. The Morgan fingerprint density at radius 3 is 2.65 bits per heavy atom. The summed E-state index contributed by atoms with van der Waals surface area (Å²) in [5, 5.41) is 0.839. The van der Waals surface area contributed by atoms with Crippen molar-refractivity contribution in [3.63, 3.8) is 0 Å². The van der Waals surface area contributed by atoms with Crippen LogP contribution in [0.3, 0.4) is 0 Å². The van der Waals surface area contributed by atoms with Crippen LogP contribution in [0.1, 0.15) is 41.5 Å². The monoisotopic (exact) mass is 308 g/mol. The molecule has 0 fully saturated rings. The van der Waals surface area contributed by atoms with E-state index in [2.05, 4.69) is 28.6 Å². The first-order valence-corrected chi connectivity index (χ1v) is 7.82. The first-order valence-electron chi connectivity index (χ1n) is 7.82. The van der Waals surface area contributed by atoms with Crippen molar-refractivity contribution in [3.8, 4) is 0 Å². The van der Waals surface area contributed by atoms with Gasteiger partial charge in [-0.1, -0.05) is 30.3 Å². The Bertz CT molecular complexity index is 837. The number of hydrogen-bond donors (Lipinski definition) is 0. The van der Waals surface area contributed by atoms with Gasteiger partial charge in [0.2, 0.25) is 0 Å². The molecule has 0 saturated carbocycles. The number of hydrogen-bond acceptors (Lipinski definition) is 3. The zero-order valence-corrected chi connectivity index (χ0v) is 13.6. The number of benzene rings is 1. The van der Waals surface area contributed by atoms with Crippen molar-refractivity contribution in [2.75, 3.05) is 6.61 Å². The van der Waals surface area contributed by atoms with Crippen molar-refractivity contribution < 1.29 is 9.53 Å². The van der Waals surface area contributed by atoms with E-state index in [4.69, 9.17) is 4.74 Å². The fraction of sp³-hybridized carbons (Fsp3) is 0.263. The predicted molar refractivity (Wildman–Crippen MR) is 90.7 cm³/mol. The number of carbonyl (C=O) groups is 1. The molecule has 2 heterocycles. The fourth-order valence-corrected chi connectivity index (χ4v) is 3.07. The van der Waals surface area contributed by atoms with Gasteiger partial charge in [0.05, 0.1) is 18.2 Å². The van der Waals surface area contributed by atoms with Crippen molar-refractivity contribution >= 4 is 17.0 Å². The lowest BCUT2D eigenvalue weighted by molar-refractivity contribution is 0.0527. The van der Waals surface area contributed by atoms with Crippen LogP contribution in [0.2, 0.25) is 0 Å². The Morgan fingerprint density at radius 2 is 1.96 bits per heavy atom. The van der Waals surface area contributed by atoms with Crippen LogP contribution in [-0.4, -0.2) is 22.1 Å². The van der Waals surface area contributed by atoms with Crippen LogP contribution in [-0.2, 0) is 4.74 Å². The lowest BCUT2D eigenvalue weighted by Gasteiger charge is -2.17. The topological polar surface area (TPSA) is 44.1 Å². The number of ether oxygens (including phenoxy) is 1. The maximum absolute atomic E-state index is 12.4. The summed E-state index contributed by atoms with van der Waals surface area (Å²) in [5.74, 6) is -0.290. The lowest BCUT2D eigenvalue weighted by Crippen LogP contribution is -2.11. The lowest BCUT2D eigenvalue weighted by atomic mass is 10.1. The molecule has 0 aliphatic carbocycles.